The molecule has 4 nitrogen and oxygen atoms in total. The van der Waals surface area contributed by atoms with Crippen LogP contribution in [0.4, 0.5) is 4.39 Å². The molecule has 2 heterocycles. The average Bonchev–Trinajstić information content (AvgIpc) is 3.30. The smallest absolute Gasteiger partial charge is 0.257 e. The zero-order chi connectivity index (χ0) is 13.9. The first-order valence-electron chi connectivity index (χ1n) is 7.39. The second-order valence-electron chi connectivity index (χ2n) is 5.69. The predicted molar refractivity (Wildman–Crippen MR) is 73.9 cm³/mol. The first kappa shape index (κ1) is 13.5. The van der Waals surface area contributed by atoms with E-state index < -0.39 is 5.82 Å². The Morgan fingerprint density at radius 1 is 1.40 bits per heavy atom. The van der Waals surface area contributed by atoms with Gasteiger partial charge in [0.15, 0.2) is 5.82 Å². The number of carbonyl (C=O) groups excluding carboxylic acids is 1. The highest BCUT2D eigenvalue weighted by Gasteiger charge is 2.35. The highest BCUT2D eigenvalue weighted by atomic mass is 19.1. The Morgan fingerprint density at radius 3 is 2.90 bits per heavy atom. The first-order valence-corrected chi connectivity index (χ1v) is 7.39. The minimum absolute atomic E-state index is 0.141. The molecule has 1 saturated carbocycles. The Morgan fingerprint density at radius 2 is 2.25 bits per heavy atom. The molecule has 1 amide bonds. The van der Waals surface area contributed by atoms with Gasteiger partial charge in [-0.2, -0.15) is 0 Å². The zero-order valence-corrected chi connectivity index (χ0v) is 11.5. The predicted octanol–water partition coefficient (Wildman–Crippen LogP) is 1.97. The van der Waals surface area contributed by atoms with Crippen molar-refractivity contribution in [2.45, 2.75) is 44.2 Å². The topological polar surface area (TPSA) is 45.2 Å². The number of halogens is 1. The lowest BCUT2D eigenvalue weighted by atomic mass is 10.0. The van der Waals surface area contributed by atoms with Crippen LogP contribution in [0.3, 0.4) is 0 Å². The summed E-state index contributed by atoms with van der Waals surface area (Å²) in [5.41, 5.74) is 0.141. The largest absolute Gasteiger partial charge is 0.334 e. The quantitative estimate of drug-likeness (QED) is 0.915. The highest BCUT2D eigenvalue weighted by Crippen LogP contribution is 2.29. The Kier molecular flexibility index (Phi) is 3.96. The third-order valence-corrected chi connectivity index (χ3v) is 4.08. The average molecular weight is 277 g/mol. The Bertz CT molecular complexity index is 484. The van der Waals surface area contributed by atoms with E-state index in [1.165, 1.54) is 25.1 Å². The van der Waals surface area contributed by atoms with Gasteiger partial charge in [0, 0.05) is 24.8 Å². The summed E-state index contributed by atoms with van der Waals surface area (Å²) in [6, 6.07) is 2.11. The summed E-state index contributed by atoms with van der Waals surface area (Å²) in [4.78, 5) is 18.1. The number of nitrogens with one attached hydrogen (secondary N) is 1. The minimum atomic E-state index is -0.528. The van der Waals surface area contributed by atoms with Crippen LogP contribution in [0, 0.1) is 5.82 Å². The van der Waals surface area contributed by atoms with Gasteiger partial charge in [-0.1, -0.05) is 6.42 Å². The van der Waals surface area contributed by atoms with Gasteiger partial charge < -0.3 is 10.2 Å². The second-order valence-corrected chi connectivity index (χ2v) is 5.69. The molecular weight excluding hydrogens is 257 g/mol. The number of pyridine rings is 1. The van der Waals surface area contributed by atoms with Crippen molar-refractivity contribution < 1.29 is 9.18 Å². The number of amides is 1. The van der Waals surface area contributed by atoms with Crippen molar-refractivity contribution in [3.63, 3.8) is 0 Å². The van der Waals surface area contributed by atoms with E-state index in [9.17, 15) is 9.18 Å². The van der Waals surface area contributed by atoms with Crippen LogP contribution in [-0.2, 0) is 0 Å². The lowest BCUT2D eigenvalue weighted by Crippen LogP contribution is -2.46. The van der Waals surface area contributed by atoms with Crippen LogP contribution in [0.5, 0.6) is 0 Å². The number of aromatic nitrogens is 1. The van der Waals surface area contributed by atoms with Gasteiger partial charge in [0.1, 0.15) is 0 Å². The maximum absolute atomic E-state index is 13.7. The summed E-state index contributed by atoms with van der Waals surface area (Å²) < 4.78 is 13.7. The summed E-state index contributed by atoms with van der Waals surface area (Å²) >= 11 is 0. The molecule has 2 fully saturated rings. The normalized spacial score (nSPS) is 22.6. The van der Waals surface area contributed by atoms with Crippen LogP contribution in [0.15, 0.2) is 18.5 Å². The van der Waals surface area contributed by atoms with Crippen molar-refractivity contribution in [1.82, 2.24) is 15.2 Å². The molecule has 1 aliphatic heterocycles. The van der Waals surface area contributed by atoms with E-state index in [-0.39, 0.29) is 11.5 Å². The van der Waals surface area contributed by atoms with E-state index in [1.807, 2.05) is 4.90 Å². The molecule has 1 unspecified atom stereocenters. The van der Waals surface area contributed by atoms with Crippen LogP contribution in [0.1, 0.15) is 42.5 Å². The van der Waals surface area contributed by atoms with Gasteiger partial charge >= 0.3 is 0 Å². The third kappa shape index (κ3) is 2.98. The van der Waals surface area contributed by atoms with Crippen LogP contribution in [-0.4, -0.2) is 41.0 Å². The molecule has 3 rings (SSSR count). The van der Waals surface area contributed by atoms with Gasteiger partial charge in [-0.15, -0.1) is 0 Å². The molecule has 1 atom stereocenters. The van der Waals surface area contributed by atoms with Crippen LogP contribution in [0.25, 0.3) is 0 Å². The molecule has 2 aliphatic rings. The molecule has 5 heteroatoms. The fourth-order valence-electron chi connectivity index (χ4n) is 2.80. The molecule has 1 saturated heterocycles. The van der Waals surface area contributed by atoms with E-state index in [0.29, 0.717) is 18.6 Å². The fraction of sp³-hybridized carbons (Fsp3) is 0.600. The van der Waals surface area contributed by atoms with Crippen LogP contribution < -0.4 is 5.32 Å². The lowest BCUT2D eigenvalue weighted by Gasteiger charge is -2.31. The summed E-state index contributed by atoms with van der Waals surface area (Å²) in [5, 5.41) is 3.45. The van der Waals surface area contributed by atoms with Crippen molar-refractivity contribution in [1.29, 1.82) is 0 Å². The molecule has 0 bridgehead atoms. The zero-order valence-electron chi connectivity index (χ0n) is 11.5. The van der Waals surface area contributed by atoms with Gasteiger partial charge in [-0.05, 0) is 38.3 Å². The van der Waals surface area contributed by atoms with Gasteiger partial charge in [0.25, 0.3) is 5.91 Å². The van der Waals surface area contributed by atoms with E-state index in [1.54, 1.807) is 0 Å². The van der Waals surface area contributed by atoms with Gasteiger partial charge in [-0.25, -0.2) is 4.39 Å². The Labute approximate surface area is 118 Å². The number of rotatable bonds is 4. The summed E-state index contributed by atoms with van der Waals surface area (Å²) in [6.45, 7) is 1.70. The monoisotopic (exact) mass is 277 g/mol. The second kappa shape index (κ2) is 5.87. The van der Waals surface area contributed by atoms with Crippen molar-refractivity contribution in [2.24, 2.45) is 0 Å². The molecule has 1 aliphatic carbocycles. The Balaban J connectivity index is 1.73. The molecular formula is C15H20FN3O. The van der Waals surface area contributed by atoms with E-state index in [2.05, 4.69) is 10.3 Å². The molecule has 1 N–H and O–H groups in total. The molecule has 0 aromatic carbocycles. The number of hydrogen-bond donors (Lipinski definition) is 1. The standard InChI is InChI=1S/C15H20FN3O/c16-14-9-17-8-6-13(14)15(20)19(12-4-5-12)10-11-3-1-2-7-18-11/h6,8-9,11-12,18H,1-5,7,10H2. The van der Waals surface area contributed by atoms with Crippen LogP contribution in [0.2, 0.25) is 0 Å². The summed E-state index contributed by atoms with van der Waals surface area (Å²) in [7, 11) is 0. The molecule has 20 heavy (non-hydrogen) atoms. The first-order chi connectivity index (χ1) is 9.75. The van der Waals surface area contributed by atoms with Crippen LogP contribution >= 0.6 is 0 Å². The molecule has 1 aromatic rings. The maximum atomic E-state index is 13.7. The third-order valence-electron chi connectivity index (χ3n) is 4.08. The molecule has 108 valence electrons. The maximum Gasteiger partial charge on any atom is 0.257 e. The fourth-order valence-corrected chi connectivity index (χ4v) is 2.80. The summed E-state index contributed by atoms with van der Waals surface area (Å²) in [5.74, 6) is -0.723. The lowest BCUT2D eigenvalue weighted by molar-refractivity contribution is 0.0713. The Hall–Kier alpha value is -1.49. The van der Waals surface area contributed by atoms with E-state index >= 15 is 0 Å². The number of nitrogens with zero attached hydrogens (tertiary/aromatic N) is 2. The number of piperidine rings is 1. The van der Waals surface area contributed by atoms with Crippen molar-refractivity contribution in [3.8, 4) is 0 Å². The molecule has 1 aromatic heterocycles. The van der Waals surface area contributed by atoms with Crippen molar-refractivity contribution in [2.75, 3.05) is 13.1 Å². The molecule has 0 radical (unpaired) electrons. The summed E-state index contributed by atoms with van der Waals surface area (Å²) in [6.07, 6.45) is 8.14. The van der Waals surface area contributed by atoms with E-state index in [4.69, 9.17) is 0 Å². The van der Waals surface area contributed by atoms with Gasteiger partial charge in [-0.3, -0.25) is 9.78 Å². The number of carbonyl (C=O) groups is 1. The van der Waals surface area contributed by atoms with Gasteiger partial charge in [0.05, 0.1) is 11.8 Å². The minimum Gasteiger partial charge on any atom is -0.334 e. The van der Waals surface area contributed by atoms with Crippen molar-refractivity contribution in [3.05, 3.63) is 29.8 Å². The number of hydrogen-bond acceptors (Lipinski definition) is 3. The van der Waals surface area contributed by atoms with E-state index in [0.717, 1.165) is 32.0 Å². The van der Waals surface area contributed by atoms with Crippen molar-refractivity contribution >= 4 is 5.91 Å². The highest BCUT2D eigenvalue weighted by molar-refractivity contribution is 5.94. The molecule has 0 spiro atoms. The SMILES string of the molecule is O=C(c1ccncc1F)N(CC1CCCCN1)C1CC1. The van der Waals surface area contributed by atoms with Gasteiger partial charge in [0.2, 0.25) is 0 Å².